The lowest BCUT2D eigenvalue weighted by molar-refractivity contribution is 0.492. The zero-order valence-electron chi connectivity index (χ0n) is 10.3. The Balaban J connectivity index is 1.59. The van der Waals surface area contributed by atoms with Gasteiger partial charge in [-0.2, -0.15) is 5.10 Å². The van der Waals surface area contributed by atoms with Gasteiger partial charge in [-0.15, -0.1) is 5.10 Å². The fourth-order valence-electron chi connectivity index (χ4n) is 1.81. The van der Waals surface area contributed by atoms with Crippen molar-refractivity contribution in [2.75, 3.05) is 0 Å². The summed E-state index contributed by atoms with van der Waals surface area (Å²) in [4.78, 5) is 4.28. The minimum atomic E-state index is 0.784. The Hall–Kier alpha value is -2.57. The van der Waals surface area contributed by atoms with Gasteiger partial charge in [-0.3, -0.25) is 9.67 Å². The van der Waals surface area contributed by atoms with E-state index in [9.17, 15) is 0 Å². The molecule has 0 saturated carbocycles. The number of aromatic nitrogens is 7. The largest absolute Gasteiger partial charge is 0.272 e. The highest BCUT2D eigenvalue weighted by atomic mass is 15.5. The van der Waals surface area contributed by atoms with Crippen LogP contribution in [0.25, 0.3) is 11.4 Å². The summed E-state index contributed by atoms with van der Waals surface area (Å²) in [5, 5.41) is 15.5. The predicted molar refractivity (Wildman–Crippen MR) is 67.9 cm³/mol. The van der Waals surface area contributed by atoms with Crippen LogP contribution < -0.4 is 0 Å². The van der Waals surface area contributed by atoms with Crippen LogP contribution in [0.3, 0.4) is 0 Å². The van der Waals surface area contributed by atoms with Gasteiger partial charge in [-0.25, -0.2) is 4.68 Å². The van der Waals surface area contributed by atoms with Crippen molar-refractivity contribution in [2.24, 2.45) is 0 Å². The molecule has 0 aliphatic heterocycles. The topological polar surface area (TPSA) is 74.3 Å². The van der Waals surface area contributed by atoms with Crippen molar-refractivity contribution in [3.05, 3.63) is 43.0 Å². The molecule has 0 bridgehead atoms. The van der Waals surface area contributed by atoms with Crippen LogP contribution in [0.1, 0.15) is 6.42 Å². The second kappa shape index (κ2) is 5.38. The molecule has 0 N–H and O–H groups in total. The van der Waals surface area contributed by atoms with E-state index >= 15 is 0 Å². The second-order valence-corrected chi connectivity index (χ2v) is 4.11. The van der Waals surface area contributed by atoms with Gasteiger partial charge in [0.1, 0.15) is 12.0 Å². The molecule has 0 saturated heterocycles. The van der Waals surface area contributed by atoms with E-state index in [1.165, 1.54) is 0 Å². The maximum absolute atomic E-state index is 4.49. The average molecular weight is 255 g/mol. The lowest BCUT2D eigenvalue weighted by atomic mass is 10.3. The van der Waals surface area contributed by atoms with Gasteiger partial charge < -0.3 is 0 Å². The first kappa shape index (κ1) is 11.5. The Bertz CT molecular complexity index is 615. The first-order chi connectivity index (χ1) is 9.42. The van der Waals surface area contributed by atoms with E-state index < -0.39 is 0 Å². The number of rotatable bonds is 5. The van der Waals surface area contributed by atoms with Crippen molar-refractivity contribution in [3.63, 3.8) is 0 Å². The maximum atomic E-state index is 4.49. The summed E-state index contributed by atoms with van der Waals surface area (Å²) in [6.45, 7) is 1.61. The van der Waals surface area contributed by atoms with Crippen molar-refractivity contribution in [2.45, 2.75) is 19.5 Å². The second-order valence-electron chi connectivity index (χ2n) is 4.11. The molecule has 3 rings (SSSR count). The third kappa shape index (κ3) is 2.82. The normalized spacial score (nSPS) is 10.7. The standard InChI is InChI=1S/C12H13N7/c1-2-6-13-11(4-1)12-5-9-18(15-12)7-3-8-19-10-14-16-17-19/h1-2,4-6,9-10H,3,7-8H2. The van der Waals surface area contributed by atoms with E-state index in [4.69, 9.17) is 0 Å². The molecule has 0 unspecified atom stereocenters. The molecule has 0 aliphatic rings. The molecule has 0 atom stereocenters. The number of nitrogens with zero attached hydrogens (tertiary/aromatic N) is 7. The van der Waals surface area contributed by atoms with Gasteiger partial charge in [-0.05, 0) is 35.0 Å². The van der Waals surface area contributed by atoms with Crippen molar-refractivity contribution < 1.29 is 0 Å². The number of tetrazole rings is 1. The average Bonchev–Trinajstić information content (AvgIpc) is 3.11. The van der Waals surface area contributed by atoms with Crippen LogP contribution in [-0.2, 0) is 13.1 Å². The van der Waals surface area contributed by atoms with Crippen molar-refractivity contribution in [1.82, 2.24) is 35.0 Å². The SMILES string of the molecule is c1ccc(-c2ccn(CCCn3cnnn3)n2)nc1. The number of aryl methyl sites for hydroxylation is 2. The van der Waals surface area contributed by atoms with E-state index in [2.05, 4.69) is 25.6 Å². The maximum Gasteiger partial charge on any atom is 0.138 e. The molecular weight excluding hydrogens is 242 g/mol. The van der Waals surface area contributed by atoms with Gasteiger partial charge >= 0.3 is 0 Å². The van der Waals surface area contributed by atoms with Crippen LogP contribution >= 0.6 is 0 Å². The molecule has 3 aromatic rings. The molecule has 0 aliphatic carbocycles. The fraction of sp³-hybridized carbons (Fsp3) is 0.250. The first-order valence-corrected chi connectivity index (χ1v) is 6.07. The molecule has 0 aromatic carbocycles. The monoisotopic (exact) mass is 255 g/mol. The highest BCUT2D eigenvalue weighted by molar-refractivity contribution is 5.52. The molecule has 7 heteroatoms. The van der Waals surface area contributed by atoms with E-state index in [0.717, 1.165) is 30.9 Å². The highest BCUT2D eigenvalue weighted by Crippen LogP contribution is 2.12. The highest BCUT2D eigenvalue weighted by Gasteiger charge is 2.02. The zero-order valence-corrected chi connectivity index (χ0v) is 10.3. The quantitative estimate of drug-likeness (QED) is 0.680. The summed E-state index contributed by atoms with van der Waals surface area (Å²) in [6, 6.07) is 7.78. The molecule has 3 aromatic heterocycles. The van der Waals surface area contributed by atoms with E-state index in [0.29, 0.717) is 0 Å². The van der Waals surface area contributed by atoms with Crippen LogP contribution in [-0.4, -0.2) is 35.0 Å². The van der Waals surface area contributed by atoms with E-state index in [-0.39, 0.29) is 0 Å². The molecule has 0 radical (unpaired) electrons. The third-order valence-electron chi connectivity index (χ3n) is 2.73. The van der Waals surface area contributed by atoms with Gasteiger partial charge in [-0.1, -0.05) is 6.07 Å². The van der Waals surface area contributed by atoms with Crippen LogP contribution in [0, 0.1) is 0 Å². The van der Waals surface area contributed by atoms with Gasteiger partial charge in [0.2, 0.25) is 0 Å². The van der Waals surface area contributed by atoms with Crippen LogP contribution in [0.4, 0.5) is 0 Å². The summed E-state index contributed by atoms with van der Waals surface area (Å²) in [6.07, 6.45) is 6.27. The van der Waals surface area contributed by atoms with Crippen molar-refractivity contribution in [3.8, 4) is 11.4 Å². The molecule has 96 valence electrons. The number of hydrogen-bond donors (Lipinski definition) is 0. The lowest BCUT2D eigenvalue weighted by Gasteiger charge is -2.01. The Kier molecular flexibility index (Phi) is 3.26. The zero-order chi connectivity index (χ0) is 12.9. The molecule has 0 spiro atoms. The Labute approximate surface area is 109 Å². The minimum Gasteiger partial charge on any atom is -0.272 e. The van der Waals surface area contributed by atoms with Crippen molar-refractivity contribution >= 4 is 0 Å². The van der Waals surface area contributed by atoms with E-state index in [1.54, 1.807) is 17.2 Å². The lowest BCUT2D eigenvalue weighted by Crippen LogP contribution is -2.05. The number of hydrogen-bond acceptors (Lipinski definition) is 5. The summed E-state index contributed by atoms with van der Waals surface area (Å²) < 4.78 is 3.62. The Morgan fingerprint density at radius 3 is 2.74 bits per heavy atom. The summed E-state index contributed by atoms with van der Waals surface area (Å²) >= 11 is 0. The summed E-state index contributed by atoms with van der Waals surface area (Å²) in [7, 11) is 0. The van der Waals surface area contributed by atoms with Crippen LogP contribution in [0.5, 0.6) is 0 Å². The molecule has 0 fully saturated rings. The summed E-state index contributed by atoms with van der Waals surface area (Å²) in [5.41, 5.74) is 1.78. The molecule has 7 nitrogen and oxygen atoms in total. The fourth-order valence-corrected chi connectivity index (χ4v) is 1.81. The van der Waals surface area contributed by atoms with Crippen LogP contribution in [0.2, 0.25) is 0 Å². The first-order valence-electron chi connectivity index (χ1n) is 6.07. The van der Waals surface area contributed by atoms with Crippen LogP contribution in [0.15, 0.2) is 43.0 Å². The smallest absolute Gasteiger partial charge is 0.138 e. The molecule has 3 heterocycles. The number of pyridine rings is 1. The predicted octanol–water partition coefficient (Wildman–Crippen LogP) is 1.02. The van der Waals surface area contributed by atoms with Gasteiger partial charge in [0.25, 0.3) is 0 Å². The molecular formula is C12H13N7. The Morgan fingerprint density at radius 1 is 1.00 bits per heavy atom. The van der Waals surface area contributed by atoms with Gasteiger partial charge in [0.15, 0.2) is 0 Å². The molecule has 19 heavy (non-hydrogen) atoms. The van der Waals surface area contributed by atoms with Crippen molar-refractivity contribution in [1.29, 1.82) is 0 Å². The third-order valence-corrected chi connectivity index (χ3v) is 2.73. The Morgan fingerprint density at radius 2 is 1.95 bits per heavy atom. The summed E-state index contributed by atoms with van der Waals surface area (Å²) in [5.74, 6) is 0. The van der Waals surface area contributed by atoms with Gasteiger partial charge in [0, 0.05) is 25.5 Å². The van der Waals surface area contributed by atoms with E-state index in [1.807, 2.05) is 35.1 Å². The minimum absolute atomic E-state index is 0.784. The van der Waals surface area contributed by atoms with Gasteiger partial charge in [0.05, 0.1) is 5.69 Å². The molecule has 0 amide bonds.